The molecule has 4 heteroatoms. The minimum Gasteiger partial charge on any atom is -0.482 e. The molecular weight excluding hydrogens is 288 g/mol. The summed E-state index contributed by atoms with van der Waals surface area (Å²) >= 11 is 0. The van der Waals surface area contributed by atoms with Gasteiger partial charge in [-0.15, -0.1) is 0 Å². The standard InChI is InChI=1S/C19H20N2O2/c1-3-14(2)16-9-5-6-10-17(16)21-19(22)13-23-18-11-7-4-8-15(18)12-20/h4-11,14H,3,13H2,1-2H3,(H,21,22)/t14-/m0/s1. The van der Waals surface area contributed by atoms with E-state index in [2.05, 4.69) is 19.2 Å². The number of carbonyl (C=O) groups excluding carboxylic acids is 1. The van der Waals surface area contributed by atoms with Crippen molar-refractivity contribution in [1.29, 1.82) is 5.26 Å². The number of anilines is 1. The first-order valence-corrected chi connectivity index (χ1v) is 7.66. The van der Waals surface area contributed by atoms with Gasteiger partial charge in [0.05, 0.1) is 5.56 Å². The topological polar surface area (TPSA) is 62.1 Å². The van der Waals surface area contributed by atoms with Crippen molar-refractivity contribution in [3.8, 4) is 11.8 Å². The molecule has 0 spiro atoms. The number of nitriles is 1. The molecule has 1 amide bonds. The summed E-state index contributed by atoms with van der Waals surface area (Å²) in [5.41, 5.74) is 2.34. The molecule has 0 saturated carbocycles. The lowest BCUT2D eigenvalue weighted by Crippen LogP contribution is -2.21. The number of rotatable bonds is 6. The molecule has 0 heterocycles. The quantitative estimate of drug-likeness (QED) is 0.874. The third kappa shape index (κ3) is 4.33. The number of amides is 1. The summed E-state index contributed by atoms with van der Waals surface area (Å²) in [6.45, 7) is 4.11. The molecule has 0 fully saturated rings. The Hall–Kier alpha value is -2.80. The Kier molecular flexibility index (Phi) is 5.76. The zero-order valence-electron chi connectivity index (χ0n) is 13.4. The minimum absolute atomic E-state index is 0.131. The number of carbonyl (C=O) groups is 1. The highest BCUT2D eigenvalue weighted by atomic mass is 16.5. The largest absolute Gasteiger partial charge is 0.482 e. The number of nitrogens with one attached hydrogen (secondary N) is 1. The Morgan fingerprint density at radius 1 is 1.22 bits per heavy atom. The van der Waals surface area contributed by atoms with Gasteiger partial charge in [-0.2, -0.15) is 5.26 Å². The van der Waals surface area contributed by atoms with Crippen LogP contribution < -0.4 is 10.1 Å². The molecule has 1 N–H and O–H groups in total. The van der Waals surface area contributed by atoms with Crippen LogP contribution in [0.2, 0.25) is 0 Å². The highest BCUT2D eigenvalue weighted by molar-refractivity contribution is 5.92. The molecule has 0 aliphatic rings. The van der Waals surface area contributed by atoms with Crippen LogP contribution in [0.4, 0.5) is 5.69 Å². The lowest BCUT2D eigenvalue weighted by molar-refractivity contribution is -0.118. The summed E-state index contributed by atoms with van der Waals surface area (Å²) in [5.74, 6) is 0.542. The van der Waals surface area contributed by atoms with E-state index >= 15 is 0 Å². The van der Waals surface area contributed by atoms with Crippen LogP contribution in [-0.2, 0) is 4.79 Å². The van der Waals surface area contributed by atoms with E-state index in [1.54, 1.807) is 24.3 Å². The second-order valence-corrected chi connectivity index (χ2v) is 5.34. The second-order valence-electron chi connectivity index (χ2n) is 5.34. The summed E-state index contributed by atoms with van der Waals surface area (Å²) in [7, 11) is 0. The molecule has 0 aliphatic carbocycles. The molecule has 0 saturated heterocycles. The van der Waals surface area contributed by atoms with E-state index < -0.39 is 0 Å². The van der Waals surface area contributed by atoms with Crippen molar-refractivity contribution < 1.29 is 9.53 Å². The van der Waals surface area contributed by atoms with Crippen LogP contribution in [0.3, 0.4) is 0 Å². The first-order valence-electron chi connectivity index (χ1n) is 7.66. The maximum atomic E-state index is 12.1. The van der Waals surface area contributed by atoms with Crippen molar-refractivity contribution >= 4 is 11.6 Å². The maximum absolute atomic E-state index is 12.1. The minimum atomic E-state index is -0.242. The Bertz CT molecular complexity index is 719. The van der Waals surface area contributed by atoms with Gasteiger partial charge in [0.1, 0.15) is 11.8 Å². The van der Waals surface area contributed by atoms with Gasteiger partial charge in [-0.3, -0.25) is 4.79 Å². The van der Waals surface area contributed by atoms with Gasteiger partial charge in [0.25, 0.3) is 5.91 Å². The van der Waals surface area contributed by atoms with Gasteiger partial charge in [0.15, 0.2) is 6.61 Å². The van der Waals surface area contributed by atoms with E-state index in [0.29, 0.717) is 17.2 Å². The molecule has 0 aliphatic heterocycles. The molecule has 0 bridgehead atoms. The summed E-state index contributed by atoms with van der Waals surface area (Å²) in [4.78, 5) is 12.1. The van der Waals surface area contributed by atoms with Crippen molar-refractivity contribution in [2.75, 3.05) is 11.9 Å². The summed E-state index contributed by atoms with van der Waals surface area (Å²) < 4.78 is 5.45. The molecule has 2 rings (SSSR count). The number of benzene rings is 2. The van der Waals surface area contributed by atoms with Gasteiger partial charge < -0.3 is 10.1 Å². The molecule has 2 aromatic rings. The van der Waals surface area contributed by atoms with Crippen molar-refractivity contribution in [2.24, 2.45) is 0 Å². The third-order valence-corrected chi connectivity index (χ3v) is 3.74. The fourth-order valence-corrected chi connectivity index (χ4v) is 2.27. The molecule has 0 unspecified atom stereocenters. The van der Waals surface area contributed by atoms with Gasteiger partial charge >= 0.3 is 0 Å². The van der Waals surface area contributed by atoms with E-state index in [4.69, 9.17) is 10.00 Å². The fraction of sp³-hybridized carbons (Fsp3) is 0.263. The molecule has 4 nitrogen and oxygen atoms in total. The van der Waals surface area contributed by atoms with Gasteiger partial charge in [-0.05, 0) is 36.1 Å². The van der Waals surface area contributed by atoms with E-state index in [9.17, 15) is 4.79 Å². The normalized spacial score (nSPS) is 11.3. The Morgan fingerprint density at radius 2 is 1.91 bits per heavy atom. The molecule has 0 aromatic heterocycles. The van der Waals surface area contributed by atoms with Crippen molar-refractivity contribution in [3.05, 3.63) is 59.7 Å². The molecule has 118 valence electrons. The number of hydrogen-bond donors (Lipinski definition) is 1. The van der Waals surface area contributed by atoms with E-state index in [0.717, 1.165) is 17.7 Å². The van der Waals surface area contributed by atoms with E-state index in [1.165, 1.54) is 0 Å². The smallest absolute Gasteiger partial charge is 0.262 e. The van der Waals surface area contributed by atoms with E-state index in [1.807, 2.05) is 30.3 Å². The van der Waals surface area contributed by atoms with Crippen LogP contribution in [-0.4, -0.2) is 12.5 Å². The molecule has 1 atom stereocenters. The first kappa shape index (κ1) is 16.6. The van der Waals surface area contributed by atoms with Gasteiger partial charge in [0, 0.05) is 5.69 Å². The van der Waals surface area contributed by atoms with Gasteiger partial charge in [-0.25, -0.2) is 0 Å². The molecule has 2 aromatic carbocycles. The predicted molar refractivity (Wildman–Crippen MR) is 90.4 cm³/mol. The highest BCUT2D eigenvalue weighted by Gasteiger charge is 2.12. The Balaban J connectivity index is 2.02. The lowest BCUT2D eigenvalue weighted by atomic mass is 9.97. The van der Waals surface area contributed by atoms with Crippen LogP contribution in [0.15, 0.2) is 48.5 Å². The fourth-order valence-electron chi connectivity index (χ4n) is 2.27. The monoisotopic (exact) mass is 308 g/mol. The number of para-hydroxylation sites is 2. The van der Waals surface area contributed by atoms with Crippen LogP contribution in [0.1, 0.15) is 37.3 Å². The summed E-state index contributed by atoms with van der Waals surface area (Å²) in [6, 6.07) is 16.7. The van der Waals surface area contributed by atoms with Crippen LogP contribution in [0, 0.1) is 11.3 Å². The van der Waals surface area contributed by atoms with Crippen LogP contribution in [0.25, 0.3) is 0 Å². The van der Waals surface area contributed by atoms with Crippen molar-refractivity contribution in [3.63, 3.8) is 0 Å². The zero-order chi connectivity index (χ0) is 16.7. The Labute approximate surface area is 136 Å². The molecular formula is C19H20N2O2. The maximum Gasteiger partial charge on any atom is 0.262 e. The lowest BCUT2D eigenvalue weighted by Gasteiger charge is -2.16. The molecule has 23 heavy (non-hydrogen) atoms. The number of ether oxygens (including phenoxy) is 1. The Morgan fingerprint density at radius 3 is 2.65 bits per heavy atom. The number of hydrogen-bond acceptors (Lipinski definition) is 3. The van der Waals surface area contributed by atoms with Crippen molar-refractivity contribution in [1.82, 2.24) is 0 Å². The van der Waals surface area contributed by atoms with Gasteiger partial charge in [0.2, 0.25) is 0 Å². The first-order chi connectivity index (χ1) is 11.2. The predicted octanol–water partition coefficient (Wildman–Crippen LogP) is 4.09. The van der Waals surface area contributed by atoms with Gasteiger partial charge in [-0.1, -0.05) is 44.2 Å². The average molecular weight is 308 g/mol. The SMILES string of the molecule is CC[C@H](C)c1ccccc1NC(=O)COc1ccccc1C#N. The number of nitrogens with zero attached hydrogens (tertiary/aromatic N) is 1. The van der Waals surface area contributed by atoms with Crippen LogP contribution >= 0.6 is 0 Å². The van der Waals surface area contributed by atoms with Crippen molar-refractivity contribution in [2.45, 2.75) is 26.2 Å². The third-order valence-electron chi connectivity index (χ3n) is 3.74. The van der Waals surface area contributed by atoms with E-state index in [-0.39, 0.29) is 12.5 Å². The second kappa shape index (κ2) is 8.00. The summed E-state index contributed by atoms with van der Waals surface area (Å²) in [6.07, 6.45) is 0.999. The average Bonchev–Trinajstić information content (AvgIpc) is 2.60. The van der Waals surface area contributed by atoms with Crippen LogP contribution in [0.5, 0.6) is 5.75 Å². The zero-order valence-corrected chi connectivity index (χ0v) is 13.4. The summed E-state index contributed by atoms with van der Waals surface area (Å²) in [5, 5.41) is 11.9. The molecule has 0 radical (unpaired) electrons. The highest BCUT2D eigenvalue weighted by Crippen LogP contribution is 2.26.